The topological polar surface area (TPSA) is 79.8 Å². The van der Waals surface area contributed by atoms with Crippen molar-refractivity contribution >= 4 is 11.4 Å². The zero-order valence-electron chi connectivity index (χ0n) is 17.9. The van der Waals surface area contributed by atoms with E-state index in [2.05, 4.69) is 5.10 Å². The van der Waals surface area contributed by atoms with Gasteiger partial charge in [0.15, 0.2) is 0 Å². The molecule has 7 nitrogen and oxygen atoms in total. The average Bonchev–Trinajstić information content (AvgIpc) is 3.31. The molecule has 0 spiro atoms. The van der Waals surface area contributed by atoms with Crippen molar-refractivity contribution in [2.45, 2.75) is 25.0 Å². The average molecular weight is 446 g/mol. The first kappa shape index (κ1) is 21.1. The van der Waals surface area contributed by atoms with Gasteiger partial charge in [-0.15, -0.1) is 0 Å². The summed E-state index contributed by atoms with van der Waals surface area (Å²) in [6, 6.07) is 17.3. The van der Waals surface area contributed by atoms with Gasteiger partial charge in [0.2, 0.25) is 0 Å². The summed E-state index contributed by atoms with van der Waals surface area (Å²) in [6.45, 7) is 0.596. The van der Waals surface area contributed by atoms with Crippen molar-refractivity contribution < 1.29 is 14.3 Å². The van der Waals surface area contributed by atoms with Gasteiger partial charge in [0, 0.05) is 19.3 Å². The van der Waals surface area contributed by atoms with E-state index in [9.17, 15) is 19.1 Å². The number of piperidine rings is 1. The Bertz CT molecular complexity index is 1370. The molecule has 4 aromatic rings. The number of hydrogen-bond acceptors (Lipinski definition) is 4. The van der Waals surface area contributed by atoms with Gasteiger partial charge in [0.05, 0.1) is 17.7 Å². The smallest absolute Gasteiger partial charge is 0.277 e. The summed E-state index contributed by atoms with van der Waals surface area (Å²) in [6.07, 6.45) is 3.64. The summed E-state index contributed by atoms with van der Waals surface area (Å²) >= 11 is 0. The fourth-order valence-corrected chi connectivity index (χ4v) is 4.43. The first-order chi connectivity index (χ1) is 16.0. The van der Waals surface area contributed by atoms with Gasteiger partial charge in [-0.05, 0) is 42.2 Å². The van der Waals surface area contributed by atoms with Crippen LogP contribution < -0.4 is 5.56 Å². The Morgan fingerprint density at radius 3 is 2.55 bits per heavy atom. The van der Waals surface area contributed by atoms with Gasteiger partial charge >= 0.3 is 0 Å². The Balaban J connectivity index is 1.35. The van der Waals surface area contributed by atoms with E-state index >= 15 is 0 Å². The molecule has 3 heterocycles. The molecule has 0 unspecified atom stereocenters. The van der Waals surface area contributed by atoms with Crippen LogP contribution in [0.15, 0.2) is 78.0 Å². The Morgan fingerprint density at radius 2 is 1.79 bits per heavy atom. The lowest BCUT2D eigenvalue weighted by Crippen LogP contribution is -2.50. The maximum atomic E-state index is 14.8. The molecular weight excluding hydrogens is 423 g/mol. The fraction of sp³-hybridized carbons (Fsp3) is 0.240. The van der Waals surface area contributed by atoms with Crippen molar-refractivity contribution in [3.8, 4) is 11.1 Å². The molecule has 0 radical (unpaired) electrons. The molecule has 168 valence electrons. The van der Waals surface area contributed by atoms with Crippen LogP contribution in [0.3, 0.4) is 0 Å². The van der Waals surface area contributed by atoms with Crippen molar-refractivity contribution in [1.29, 1.82) is 0 Å². The van der Waals surface area contributed by atoms with Crippen LogP contribution in [0.5, 0.6) is 0 Å². The third-order valence-corrected chi connectivity index (χ3v) is 6.28. The fourth-order valence-electron chi connectivity index (χ4n) is 4.43. The number of likely N-dealkylation sites (tertiary alicyclic amines) is 1. The van der Waals surface area contributed by atoms with Gasteiger partial charge in [-0.2, -0.15) is 5.10 Å². The zero-order valence-corrected chi connectivity index (χ0v) is 17.9. The molecule has 0 bridgehead atoms. The highest BCUT2D eigenvalue weighted by atomic mass is 19.1. The predicted octanol–water partition coefficient (Wildman–Crippen LogP) is 2.97. The molecule has 1 amide bonds. The Hall–Kier alpha value is -3.78. The highest BCUT2D eigenvalue weighted by molar-refractivity contribution is 6.01. The highest BCUT2D eigenvalue weighted by Gasteiger charge is 2.36. The van der Waals surface area contributed by atoms with Crippen LogP contribution in [0, 0.1) is 5.82 Å². The van der Waals surface area contributed by atoms with E-state index in [1.807, 2.05) is 30.3 Å². The van der Waals surface area contributed by atoms with Crippen LogP contribution >= 0.6 is 0 Å². The van der Waals surface area contributed by atoms with E-state index in [-0.39, 0.29) is 43.6 Å². The molecule has 0 saturated carbocycles. The molecule has 5 rings (SSSR count). The lowest BCUT2D eigenvalue weighted by molar-refractivity contribution is -0.0301. The minimum atomic E-state index is -1.16. The SMILES string of the molecule is O=C(c1c(F)cccc1-c1ccccc1)N1CCC(O)(Cn2cnn3cccc3c2=O)CC1. The van der Waals surface area contributed by atoms with Crippen LogP contribution in [0.25, 0.3) is 16.6 Å². The second-order valence-electron chi connectivity index (χ2n) is 8.45. The maximum Gasteiger partial charge on any atom is 0.277 e. The number of aliphatic hydroxyl groups is 1. The summed E-state index contributed by atoms with van der Waals surface area (Å²) in [5.41, 5.74) is 0.377. The normalized spacial score (nSPS) is 15.6. The predicted molar refractivity (Wildman–Crippen MR) is 121 cm³/mol. The zero-order chi connectivity index (χ0) is 23.0. The van der Waals surface area contributed by atoms with Crippen LogP contribution in [0.4, 0.5) is 4.39 Å². The van der Waals surface area contributed by atoms with Crippen molar-refractivity contribution in [3.05, 3.63) is 94.9 Å². The summed E-state index contributed by atoms with van der Waals surface area (Å²) in [7, 11) is 0. The number of nitrogens with zero attached hydrogens (tertiary/aromatic N) is 4. The second-order valence-corrected chi connectivity index (χ2v) is 8.45. The number of amides is 1. The first-order valence-corrected chi connectivity index (χ1v) is 10.8. The number of fused-ring (bicyclic) bond motifs is 1. The van der Waals surface area contributed by atoms with Crippen molar-refractivity contribution in [3.63, 3.8) is 0 Å². The molecule has 1 N–H and O–H groups in total. The van der Waals surface area contributed by atoms with Gasteiger partial charge in [0.1, 0.15) is 17.7 Å². The number of hydrogen-bond donors (Lipinski definition) is 1. The van der Waals surface area contributed by atoms with Crippen LogP contribution in [-0.2, 0) is 6.54 Å². The molecule has 1 fully saturated rings. The van der Waals surface area contributed by atoms with Crippen molar-refractivity contribution in [2.24, 2.45) is 0 Å². The van der Waals surface area contributed by atoms with E-state index in [0.717, 1.165) is 5.56 Å². The van der Waals surface area contributed by atoms with Gasteiger partial charge in [-0.25, -0.2) is 8.91 Å². The van der Waals surface area contributed by atoms with Crippen molar-refractivity contribution in [1.82, 2.24) is 19.1 Å². The Morgan fingerprint density at radius 1 is 1.03 bits per heavy atom. The monoisotopic (exact) mass is 446 g/mol. The lowest BCUT2D eigenvalue weighted by atomic mass is 9.90. The molecule has 1 saturated heterocycles. The number of halogens is 1. The number of aromatic nitrogens is 3. The number of carbonyl (C=O) groups is 1. The van der Waals surface area contributed by atoms with Gasteiger partial charge < -0.3 is 10.0 Å². The van der Waals surface area contributed by atoms with Crippen LogP contribution in [0.2, 0.25) is 0 Å². The number of benzene rings is 2. The lowest BCUT2D eigenvalue weighted by Gasteiger charge is -2.38. The van der Waals surface area contributed by atoms with Crippen LogP contribution in [0.1, 0.15) is 23.2 Å². The third kappa shape index (κ3) is 3.93. The van der Waals surface area contributed by atoms with E-state index < -0.39 is 17.3 Å². The van der Waals surface area contributed by atoms with Gasteiger partial charge in [-0.3, -0.25) is 14.2 Å². The summed E-state index contributed by atoms with van der Waals surface area (Å²) in [4.78, 5) is 27.5. The van der Waals surface area contributed by atoms with Crippen LogP contribution in [-0.4, -0.2) is 48.8 Å². The molecule has 2 aromatic carbocycles. The largest absolute Gasteiger partial charge is 0.388 e. The number of rotatable bonds is 4. The molecular formula is C25H23FN4O3. The summed E-state index contributed by atoms with van der Waals surface area (Å²) in [5.74, 6) is -0.970. The highest BCUT2D eigenvalue weighted by Crippen LogP contribution is 2.30. The molecule has 0 aliphatic carbocycles. The maximum absolute atomic E-state index is 14.8. The second kappa shape index (κ2) is 8.29. The molecule has 33 heavy (non-hydrogen) atoms. The van der Waals surface area contributed by atoms with E-state index in [4.69, 9.17) is 0 Å². The minimum Gasteiger partial charge on any atom is -0.388 e. The van der Waals surface area contributed by atoms with E-state index in [0.29, 0.717) is 11.1 Å². The molecule has 1 aliphatic rings. The van der Waals surface area contributed by atoms with Gasteiger partial charge in [0.25, 0.3) is 11.5 Å². The van der Waals surface area contributed by atoms with Crippen molar-refractivity contribution in [2.75, 3.05) is 13.1 Å². The quantitative estimate of drug-likeness (QED) is 0.523. The molecule has 2 aromatic heterocycles. The van der Waals surface area contributed by atoms with Gasteiger partial charge in [-0.1, -0.05) is 42.5 Å². The van der Waals surface area contributed by atoms with E-state index in [1.165, 1.54) is 21.5 Å². The molecule has 1 aliphatic heterocycles. The molecule has 0 atom stereocenters. The van der Waals surface area contributed by atoms with E-state index in [1.54, 1.807) is 35.4 Å². The number of carbonyl (C=O) groups excluding carboxylic acids is 1. The minimum absolute atomic E-state index is 0.0354. The Labute approximate surface area is 189 Å². The standard InChI is InChI=1S/C25H23FN4O3/c26-20-9-4-8-19(18-6-2-1-3-7-18)22(20)24(32)28-14-11-25(33,12-15-28)16-29-17-27-30-13-5-10-21(30)23(29)31/h1-10,13,17,33H,11-12,14-16H2. The summed E-state index contributed by atoms with van der Waals surface area (Å²) < 4.78 is 17.7. The Kier molecular flexibility index (Phi) is 5.30. The summed E-state index contributed by atoms with van der Waals surface area (Å²) in [5, 5.41) is 15.3. The molecule has 8 heteroatoms. The third-order valence-electron chi connectivity index (χ3n) is 6.28. The first-order valence-electron chi connectivity index (χ1n) is 10.8.